The molecular formula is C13H16Cl2FN. The number of piperidine rings is 1. The summed E-state index contributed by atoms with van der Waals surface area (Å²) in [6.07, 6.45) is 3.43. The molecule has 17 heavy (non-hydrogen) atoms. The minimum atomic E-state index is -1.15. The number of fused-ring (bicyclic) bond motifs is 2. The number of nitrogens with one attached hydrogen (secondary N) is 1. The van der Waals surface area contributed by atoms with E-state index in [4.69, 9.17) is 11.6 Å². The molecule has 2 saturated heterocycles. The highest BCUT2D eigenvalue weighted by atomic mass is 35.5. The molecule has 0 spiro atoms. The van der Waals surface area contributed by atoms with Crippen molar-refractivity contribution in [1.82, 2.24) is 5.32 Å². The van der Waals surface area contributed by atoms with Gasteiger partial charge in [-0.1, -0.05) is 23.7 Å². The van der Waals surface area contributed by atoms with Gasteiger partial charge in [-0.2, -0.15) is 0 Å². The lowest BCUT2D eigenvalue weighted by atomic mass is 9.83. The van der Waals surface area contributed by atoms with Gasteiger partial charge in [-0.05, 0) is 30.5 Å². The van der Waals surface area contributed by atoms with Crippen LogP contribution >= 0.6 is 24.0 Å². The lowest BCUT2D eigenvalue weighted by molar-refractivity contribution is 0.0874. The summed E-state index contributed by atoms with van der Waals surface area (Å²) < 4.78 is 14.9. The Kier molecular flexibility index (Phi) is 3.67. The van der Waals surface area contributed by atoms with Gasteiger partial charge in [0, 0.05) is 29.9 Å². The molecule has 0 saturated carbocycles. The van der Waals surface area contributed by atoms with Crippen LogP contribution in [0.15, 0.2) is 24.3 Å². The maximum Gasteiger partial charge on any atom is 0.139 e. The van der Waals surface area contributed by atoms with E-state index >= 15 is 0 Å². The fraction of sp³-hybridized carbons (Fsp3) is 0.538. The van der Waals surface area contributed by atoms with Crippen molar-refractivity contribution in [3.8, 4) is 0 Å². The van der Waals surface area contributed by atoms with Crippen LogP contribution in [0.5, 0.6) is 0 Å². The molecule has 0 aliphatic carbocycles. The fourth-order valence-corrected chi connectivity index (χ4v) is 3.20. The van der Waals surface area contributed by atoms with Gasteiger partial charge in [0.15, 0.2) is 0 Å². The van der Waals surface area contributed by atoms with Crippen LogP contribution in [0.25, 0.3) is 0 Å². The Bertz CT molecular complexity index is 381. The molecule has 0 aromatic heterocycles. The van der Waals surface area contributed by atoms with Crippen LogP contribution in [-0.2, 0) is 5.67 Å². The molecule has 2 bridgehead atoms. The average Bonchev–Trinajstić information content (AvgIpc) is 2.59. The second-order valence-electron chi connectivity index (χ2n) is 5.02. The highest BCUT2D eigenvalue weighted by Crippen LogP contribution is 2.43. The molecule has 4 heteroatoms. The summed E-state index contributed by atoms with van der Waals surface area (Å²) in [5.74, 6) is 0. The normalized spacial score (nSPS) is 35.4. The van der Waals surface area contributed by atoms with Gasteiger partial charge in [-0.3, -0.25) is 0 Å². The molecule has 1 nitrogen and oxygen atoms in total. The van der Waals surface area contributed by atoms with Crippen molar-refractivity contribution < 1.29 is 4.39 Å². The van der Waals surface area contributed by atoms with Gasteiger partial charge in [0.05, 0.1) is 0 Å². The van der Waals surface area contributed by atoms with E-state index in [1.165, 1.54) is 0 Å². The summed E-state index contributed by atoms with van der Waals surface area (Å²) in [6, 6.07) is 7.93. The van der Waals surface area contributed by atoms with Crippen molar-refractivity contribution in [3.63, 3.8) is 0 Å². The zero-order valence-corrected chi connectivity index (χ0v) is 11.0. The second kappa shape index (κ2) is 4.75. The van der Waals surface area contributed by atoms with E-state index < -0.39 is 5.67 Å². The average molecular weight is 276 g/mol. The number of hydrogen-bond acceptors (Lipinski definition) is 1. The van der Waals surface area contributed by atoms with E-state index in [-0.39, 0.29) is 12.4 Å². The maximum atomic E-state index is 14.9. The Labute approximate surface area is 112 Å². The summed E-state index contributed by atoms with van der Waals surface area (Å²) in [6.45, 7) is 0. The Hall–Kier alpha value is -0.310. The highest BCUT2D eigenvalue weighted by Gasteiger charge is 2.44. The molecule has 1 N–H and O–H groups in total. The van der Waals surface area contributed by atoms with Crippen molar-refractivity contribution in [2.75, 3.05) is 0 Å². The van der Waals surface area contributed by atoms with Crippen LogP contribution in [0.4, 0.5) is 4.39 Å². The summed E-state index contributed by atoms with van der Waals surface area (Å²) >= 11 is 5.83. The zero-order chi connectivity index (χ0) is 11.2. The van der Waals surface area contributed by atoms with Crippen molar-refractivity contribution in [3.05, 3.63) is 34.9 Å². The monoisotopic (exact) mass is 275 g/mol. The van der Waals surface area contributed by atoms with Gasteiger partial charge in [-0.25, -0.2) is 4.39 Å². The fourth-order valence-electron chi connectivity index (χ4n) is 3.07. The lowest BCUT2D eigenvalue weighted by Crippen LogP contribution is -2.44. The van der Waals surface area contributed by atoms with E-state index in [0.717, 1.165) is 18.4 Å². The molecule has 2 unspecified atom stereocenters. The topological polar surface area (TPSA) is 12.0 Å². The Morgan fingerprint density at radius 1 is 1.12 bits per heavy atom. The largest absolute Gasteiger partial charge is 0.311 e. The molecule has 0 radical (unpaired) electrons. The Balaban J connectivity index is 0.00000108. The molecule has 2 aliphatic rings. The van der Waals surface area contributed by atoms with E-state index in [9.17, 15) is 4.39 Å². The van der Waals surface area contributed by atoms with Crippen molar-refractivity contribution in [2.24, 2.45) is 0 Å². The number of rotatable bonds is 1. The van der Waals surface area contributed by atoms with Crippen LogP contribution in [0.3, 0.4) is 0 Å². The van der Waals surface area contributed by atoms with E-state index in [1.807, 2.05) is 12.1 Å². The van der Waals surface area contributed by atoms with E-state index in [1.54, 1.807) is 12.1 Å². The third-order valence-corrected chi connectivity index (χ3v) is 4.09. The predicted molar refractivity (Wildman–Crippen MR) is 70.7 cm³/mol. The molecule has 2 fully saturated rings. The SMILES string of the molecule is Cl.FC1(c2ccc(Cl)cc2)CC2CCC(C1)N2. The molecule has 1 aromatic carbocycles. The van der Waals surface area contributed by atoms with E-state index in [2.05, 4.69) is 5.32 Å². The van der Waals surface area contributed by atoms with Crippen LogP contribution in [0.1, 0.15) is 31.2 Å². The summed E-state index contributed by atoms with van der Waals surface area (Å²) in [5.41, 5.74) is -0.364. The summed E-state index contributed by atoms with van der Waals surface area (Å²) in [7, 11) is 0. The van der Waals surface area contributed by atoms with Gasteiger partial charge in [0.1, 0.15) is 5.67 Å². The minimum absolute atomic E-state index is 0. The first-order valence-electron chi connectivity index (χ1n) is 5.87. The van der Waals surface area contributed by atoms with Crippen molar-refractivity contribution in [1.29, 1.82) is 0 Å². The van der Waals surface area contributed by atoms with Crippen LogP contribution in [0.2, 0.25) is 5.02 Å². The standard InChI is InChI=1S/C13H15ClFN.ClH/c14-10-3-1-9(2-4-10)13(15)7-11-5-6-12(8-13)16-11;/h1-4,11-12,16H,5-8H2;1H. The Morgan fingerprint density at radius 2 is 1.65 bits per heavy atom. The van der Waals surface area contributed by atoms with Crippen LogP contribution in [0, 0.1) is 0 Å². The van der Waals surface area contributed by atoms with Crippen LogP contribution < -0.4 is 5.32 Å². The van der Waals surface area contributed by atoms with Crippen molar-refractivity contribution >= 4 is 24.0 Å². The molecule has 2 aliphatic heterocycles. The first kappa shape index (κ1) is 13.1. The Morgan fingerprint density at radius 3 is 2.18 bits per heavy atom. The predicted octanol–water partition coefficient (Wildman–Crippen LogP) is 3.84. The lowest BCUT2D eigenvalue weighted by Gasteiger charge is -2.35. The number of alkyl halides is 1. The van der Waals surface area contributed by atoms with E-state index in [0.29, 0.717) is 29.9 Å². The smallest absolute Gasteiger partial charge is 0.139 e. The highest BCUT2D eigenvalue weighted by molar-refractivity contribution is 6.30. The number of benzene rings is 1. The first-order valence-corrected chi connectivity index (χ1v) is 6.24. The molecule has 2 heterocycles. The second-order valence-corrected chi connectivity index (χ2v) is 5.45. The van der Waals surface area contributed by atoms with Gasteiger partial charge in [-0.15, -0.1) is 12.4 Å². The van der Waals surface area contributed by atoms with Crippen LogP contribution in [-0.4, -0.2) is 12.1 Å². The summed E-state index contributed by atoms with van der Waals surface area (Å²) in [4.78, 5) is 0. The third-order valence-electron chi connectivity index (χ3n) is 3.84. The molecule has 2 atom stereocenters. The number of hydrogen-bond donors (Lipinski definition) is 1. The minimum Gasteiger partial charge on any atom is -0.311 e. The molecular weight excluding hydrogens is 260 g/mol. The molecule has 94 valence electrons. The first-order chi connectivity index (χ1) is 7.66. The quantitative estimate of drug-likeness (QED) is 0.821. The zero-order valence-electron chi connectivity index (χ0n) is 9.46. The third kappa shape index (κ3) is 2.44. The summed E-state index contributed by atoms with van der Waals surface area (Å²) in [5, 5.41) is 4.13. The number of halogens is 3. The van der Waals surface area contributed by atoms with Gasteiger partial charge in [0.25, 0.3) is 0 Å². The van der Waals surface area contributed by atoms with Gasteiger partial charge in [0.2, 0.25) is 0 Å². The molecule has 1 aromatic rings. The maximum absolute atomic E-state index is 14.9. The van der Waals surface area contributed by atoms with Gasteiger partial charge < -0.3 is 5.32 Å². The van der Waals surface area contributed by atoms with Crippen molar-refractivity contribution in [2.45, 2.75) is 43.4 Å². The molecule has 3 rings (SSSR count). The molecule has 0 amide bonds. The van der Waals surface area contributed by atoms with Gasteiger partial charge >= 0.3 is 0 Å².